The van der Waals surface area contributed by atoms with Gasteiger partial charge in [-0.1, -0.05) is 0 Å². The Morgan fingerprint density at radius 2 is 1.82 bits per heavy atom. The molecule has 0 aromatic carbocycles. The van der Waals surface area contributed by atoms with Crippen molar-refractivity contribution in [3.8, 4) is 0 Å². The number of rotatable bonds is 4. The fourth-order valence-electron chi connectivity index (χ4n) is 0.177. The maximum Gasteiger partial charge on any atom is 0.354 e. The van der Waals surface area contributed by atoms with Crippen LogP contribution in [0, 0.1) is 6.61 Å². The number of halogens is 4. The Morgan fingerprint density at radius 1 is 1.36 bits per heavy atom. The SMILES string of the molecule is CC(F)(F)OCO[C-](F)F.[Y]. The van der Waals surface area contributed by atoms with Crippen LogP contribution in [0.25, 0.3) is 0 Å². The quantitative estimate of drug-likeness (QED) is 0.431. The minimum atomic E-state index is -3.44. The molecule has 0 aliphatic heterocycles. The largest absolute Gasteiger partial charge is 0.468 e. The molecule has 0 aliphatic rings. The molecule has 0 aromatic heterocycles. The molecule has 11 heavy (non-hydrogen) atoms. The molecule has 7 heteroatoms. The van der Waals surface area contributed by atoms with Crippen LogP contribution >= 0.6 is 0 Å². The zero-order chi connectivity index (χ0) is 8.20. The standard InChI is InChI=1S/C4H5F4O2.Y/c1-4(7,8)10-2-9-3(5)6;/h2H2,1H3;/q-1;. The number of hydrogen-bond donors (Lipinski definition) is 0. The Morgan fingerprint density at radius 3 is 2.09 bits per heavy atom. The average Bonchev–Trinajstić information content (AvgIpc) is 1.59. The van der Waals surface area contributed by atoms with Crippen LogP contribution in [0.15, 0.2) is 0 Å². The molecule has 0 heterocycles. The molecule has 0 saturated carbocycles. The summed E-state index contributed by atoms with van der Waals surface area (Å²) >= 11 is 0. The summed E-state index contributed by atoms with van der Waals surface area (Å²) in [7, 11) is 0. The third-order valence-electron chi connectivity index (χ3n) is 0.480. The van der Waals surface area contributed by atoms with Crippen molar-refractivity contribution >= 4 is 0 Å². The monoisotopic (exact) mass is 250 g/mol. The molecule has 0 N–H and O–H groups in total. The number of alkyl halides is 2. The van der Waals surface area contributed by atoms with Gasteiger partial charge in [-0.3, -0.25) is 4.74 Å². The zero-order valence-electron chi connectivity index (χ0n) is 5.61. The van der Waals surface area contributed by atoms with Gasteiger partial charge in [0.1, 0.15) is 13.4 Å². The van der Waals surface area contributed by atoms with Crippen LogP contribution in [0.4, 0.5) is 17.6 Å². The first kappa shape index (κ1) is 14.3. The van der Waals surface area contributed by atoms with Crippen LogP contribution in [0.1, 0.15) is 6.92 Å². The van der Waals surface area contributed by atoms with Crippen molar-refractivity contribution in [2.24, 2.45) is 0 Å². The molecule has 2 nitrogen and oxygen atoms in total. The number of ether oxygens (including phenoxy) is 2. The molecule has 0 unspecified atom stereocenters. The predicted molar refractivity (Wildman–Crippen MR) is 23.1 cm³/mol. The molecule has 0 aliphatic carbocycles. The van der Waals surface area contributed by atoms with Gasteiger partial charge in [-0.15, -0.1) is 0 Å². The Bertz CT molecular complexity index is 94.6. The predicted octanol–water partition coefficient (Wildman–Crippen LogP) is 1.97. The van der Waals surface area contributed by atoms with Gasteiger partial charge < -0.3 is 13.5 Å². The second kappa shape index (κ2) is 6.28. The molecule has 0 amide bonds. The summed E-state index contributed by atoms with van der Waals surface area (Å²) in [5.41, 5.74) is 0. The maximum absolute atomic E-state index is 11.6. The normalized spacial score (nSPS) is 11.5. The third kappa shape index (κ3) is 13.7. The summed E-state index contributed by atoms with van der Waals surface area (Å²) in [5.74, 6) is 0. The fraction of sp³-hybridized carbons (Fsp3) is 0.750. The van der Waals surface area contributed by atoms with Crippen molar-refractivity contribution < 1.29 is 59.7 Å². The van der Waals surface area contributed by atoms with Crippen molar-refractivity contribution in [3.63, 3.8) is 0 Å². The van der Waals surface area contributed by atoms with Gasteiger partial charge in [-0.2, -0.15) is 8.78 Å². The van der Waals surface area contributed by atoms with E-state index in [1.54, 1.807) is 0 Å². The number of hydrogen-bond acceptors (Lipinski definition) is 2. The van der Waals surface area contributed by atoms with Crippen LogP contribution in [-0.4, -0.2) is 12.9 Å². The molecule has 1 radical (unpaired) electrons. The van der Waals surface area contributed by atoms with Gasteiger partial charge in [0.2, 0.25) is 0 Å². The van der Waals surface area contributed by atoms with Crippen molar-refractivity contribution in [3.05, 3.63) is 6.61 Å². The maximum atomic E-state index is 11.6. The topological polar surface area (TPSA) is 18.5 Å². The summed E-state index contributed by atoms with van der Waals surface area (Å²) < 4.78 is 52.0. The third-order valence-corrected chi connectivity index (χ3v) is 0.480. The van der Waals surface area contributed by atoms with E-state index >= 15 is 0 Å². The molecule has 0 saturated heterocycles. The summed E-state index contributed by atoms with van der Waals surface area (Å²) in [4.78, 5) is 0. The Kier molecular flexibility index (Phi) is 8.15. The van der Waals surface area contributed by atoms with E-state index in [-0.39, 0.29) is 32.7 Å². The van der Waals surface area contributed by atoms with Crippen LogP contribution in [0.5, 0.6) is 0 Å². The first-order chi connectivity index (χ1) is 4.42. The molecule has 65 valence electrons. The summed E-state index contributed by atoms with van der Waals surface area (Å²) in [6.45, 7) is -3.12. The van der Waals surface area contributed by atoms with Crippen molar-refractivity contribution in [2.45, 2.75) is 13.0 Å². The van der Waals surface area contributed by atoms with E-state index in [4.69, 9.17) is 0 Å². The van der Waals surface area contributed by atoms with Crippen LogP contribution < -0.4 is 0 Å². The summed E-state index contributed by atoms with van der Waals surface area (Å²) in [6.07, 6.45) is -3.44. The molecule has 0 atom stereocenters. The summed E-state index contributed by atoms with van der Waals surface area (Å²) in [6, 6.07) is 0. The van der Waals surface area contributed by atoms with Crippen LogP contribution in [0.2, 0.25) is 0 Å². The van der Waals surface area contributed by atoms with Gasteiger partial charge in [0.15, 0.2) is 0 Å². The van der Waals surface area contributed by atoms with E-state index in [0.29, 0.717) is 6.92 Å². The van der Waals surface area contributed by atoms with E-state index in [0.717, 1.165) is 0 Å². The van der Waals surface area contributed by atoms with Gasteiger partial charge in [-0.05, 0) is 0 Å². The molecular formula is C4H5F4O2Y-. The first-order valence-electron chi connectivity index (χ1n) is 2.24. The summed E-state index contributed by atoms with van der Waals surface area (Å²) in [5, 5.41) is 0. The smallest absolute Gasteiger partial charge is 0.354 e. The van der Waals surface area contributed by atoms with Crippen molar-refractivity contribution in [2.75, 3.05) is 6.79 Å². The zero-order valence-corrected chi connectivity index (χ0v) is 8.45. The van der Waals surface area contributed by atoms with Crippen molar-refractivity contribution in [1.82, 2.24) is 0 Å². The van der Waals surface area contributed by atoms with E-state index in [1.165, 1.54) is 0 Å². The van der Waals surface area contributed by atoms with E-state index < -0.39 is 19.5 Å². The second-order valence-corrected chi connectivity index (χ2v) is 1.44. The van der Waals surface area contributed by atoms with Gasteiger partial charge in [0.05, 0.1) is 0 Å². The Balaban J connectivity index is 0. The first-order valence-corrected chi connectivity index (χ1v) is 2.24. The molecule has 0 aromatic rings. The minimum Gasteiger partial charge on any atom is -0.468 e. The molecular weight excluding hydrogens is 245 g/mol. The van der Waals surface area contributed by atoms with E-state index in [9.17, 15) is 17.6 Å². The second-order valence-electron chi connectivity index (χ2n) is 1.44. The molecule has 0 bridgehead atoms. The van der Waals surface area contributed by atoms with Gasteiger partial charge in [0.25, 0.3) is 0 Å². The van der Waals surface area contributed by atoms with E-state index in [2.05, 4.69) is 9.47 Å². The molecule has 0 rings (SSSR count). The van der Waals surface area contributed by atoms with Gasteiger partial charge in [-0.25, -0.2) is 0 Å². The molecule has 0 spiro atoms. The van der Waals surface area contributed by atoms with Crippen LogP contribution in [-0.2, 0) is 42.2 Å². The average molecular weight is 250 g/mol. The van der Waals surface area contributed by atoms with Gasteiger partial charge >= 0.3 is 6.11 Å². The minimum absolute atomic E-state index is 0. The fourth-order valence-corrected chi connectivity index (χ4v) is 0.177. The molecule has 0 fully saturated rings. The van der Waals surface area contributed by atoms with Gasteiger partial charge in [0, 0.05) is 39.6 Å². The Hall–Kier alpha value is 0.744. The van der Waals surface area contributed by atoms with Crippen molar-refractivity contribution in [1.29, 1.82) is 0 Å². The Labute approximate surface area is 86.1 Å². The van der Waals surface area contributed by atoms with Crippen LogP contribution in [0.3, 0.4) is 0 Å². The van der Waals surface area contributed by atoms with E-state index in [1.807, 2.05) is 0 Å².